The minimum atomic E-state index is -0.0978. The summed E-state index contributed by atoms with van der Waals surface area (Å²) in [7, 11) is 0. The van der Waals surface area contributed by atoms with Crippen molar-refractivity contribution >= 4 is 6.08 Å². The average molecular weight is 286 g/mol. The molecule has 1 aromatic rings. The number of rotatable bonds is 7. The summed E-state index contributed by atoms with van der Waals surface area (Å²) >= 11 is 0. The second-order valence-corrected chi connectivity index (χ2v) is 4.79. The van der Waals surface area contributed by atoms with Gasteiger partial charge in [-0.05, 0) is 43.2 Å². The maximum atomic E-state index is 8.91. The molecule has 0 aliphatic carbocycles. The van der Waals surface area contributed by atoms with Crippen molar-refractivity contribution in [2.24, 2.45) is 0 Å². The van der Waals surface area contributed by atoms with E-state index in [9.17, 15) is 0 Å². The van der Waals surface area contributed by atoms with Crippen molar-refractivity contribution < 1.29 is 14.6 Å². The van der Waals surface area contributed by atoms with Crippen LogP contribution in [0.4, 0.5) is 0 Å². The fourth-order valence-corrected chi connectivity index (χ4v) is 1.43. The first-order chi connectivity index (χ1) is 10.0. The average Bonchev–Trinajstić information content (AvgIpc) is 2.96. The van der Waals surface area contributed by atoms with Gasteiger partial charge in [0.2, 0.25) is 0 Å². The van der Waals surface area contributed by atoms with Gasteiger partial charge in [-0.3, -0.25) is 0 Å². The van der Waals surface area contributed by atoms with Gasteiger partial charge in [0.25, 0.3) is 0 Å². The molecule has 3 nitrogen and oxygen atoms in total. The van der Waals surface area contributed by atoms with Crippen molar-refractivity contribution in [3.63, 3.8) is 0 Å². The summed E-state index contributed by atoms with van der Waals surface area (Å²) in [6.45, 7) is 7.76. The predicted octanol–water partition coefficient (Wildman–Crippen LogP) is 3.78. The molecule has 0 amide bonds. The maximum absolute atomic E-state index is 8.91. The highest BCUT2D eigenvalue weighted by molar-refractivity contribution is 5.50. The van der Waals surface area contributed by atoms with Gasteiger partial charge in [0.15, 0.2) is 0 Å². The first kappa shape index (κ1) is 17.0. The van der Waals surface area contributed by atoms with E-state index in [-0.39, 0.29) is 13.2 Å². The number of aliphatic hydroxyl groups is 2. The minimum absolute atomic E-state index is 0.0713. The highest BCUT2D eigenvalue weighted by Crippen LogP contribution is 2.11. The van der Waals surface area contributed by atoms with Crippen LogP contribution in [0.1, 0.15) is 25.4 Å². The van der Waals surface area contributed by atoms with Gasteiger partial charge in [0.05, 0.1) is 6.61 Å². The third-order valence-electron chi connectivity index (χ3n) is 2.74. The molecule has 1 aromatic heterocycles. The van der Waals surface area contributed by atoms with Gasteiger partial charge in [-0.2, -0.15) is 0 Å². The summed E-state index contributed by atoms with van der Waals surface area (Å²) in [4.78, 5) is 0. The molecule has 0 bridgehead atoms. The van der Waals surface area contributed by atoms with Crippen molar-refractivity contribution in [2.45, 2.75) is 20.5 Å². The van der Waals surface area contributed by atoms with E-state index in [1.165, 1.54) is 0 Å². The van der Waals surface area contributed by atoms with Gasteiger partial charge in [-0.25, -0.2) is 0 Å². The Morgan fingerprint density at radius 1 is 1.14 bits per heavy atom. The van der Waals surface area contributed by atoms with E-state index < -0.39 is 0 Å². The SMILES string of the molecule is C=C(/C=C/C(C)=C/C=C(\C)CO)/C=C/c1ccc(CO)o1. The van der Waals surface area contributed by atoms with Gasteiger partial charge in [-0.15, -0.1) is 0 Å². The predicted molar refractivity (Wildman–Crippen MR) is 86.5 cm³/mol. The van der Waals surface area contributed by atoms with Crippen molar-refractivity contribution in [3.05, 3.63) is 77.3 Å². The van der Waals surface area contributed by atoms with Crippen LogP contribution in [0.3, 0.4) is 0 Å². The van der Waals surface area contributed by atoms with E-state index in [1.807, 2.05) is 44.2 Å². The molecule has 0 saturated carbocycles. The molecular formula is C18H22O3. The molecular weight excluding hydrogens is 264 g/mol. The molecule has 0 aliphatic rings. The van der Waals surface area contributed by atoms with Crippen LogP contribution in [-0.4, -0.2) is 16.8 Å². The van der Waals surface area contributed by atoms with Gasteiger partial charge >= 0.3 is 0 Å². The zero-order valence-corrected chi connectivity index (χ0v) is 12.5. The first-order valence-electron chi connectivity index (χ1n) is 6.74. The first-order valence-corrected chi connectivity index (χ1v) is 6.74. The van der Waals surface area contributed by atoms with Crippen LogP contribution >= 0.6 is 0 Å². The quantitative estimate of drug-likeness (QED) is 0.750. The van der Waals surface area contributed by atoms with Gasteiger partial charge in [0, 0.05) is 0 Å². The summed E-state index contributed by atoms with van der Waals surface area (Å²) in [6, 6.07) is 3.54. The molecule has 21 heavy (non-hydrogen) atoms. The number of hydrogen-bond donors (Lipinski definition) is 2. The monoisotopic (exact) mass is 286 g/mol. The molecule has 1 heterocycles. The van der Waals surface area contributed by atoms with Crippen LogP contribution in [0, 0.1) is 0 Å². The van der Waals surface area contributed by atoms with Crippen LogP contribution < -0.4 is 0 Å². The lowest BCUT2D eigenvalue weighted by molar-refractivity contribution is 0.246. The molecule has 3 heteroatoms. The Balaban J connectivity index is 2.58. The van der Waals surface area contributed by atoms with Crippen LogP contribution in [0.5, 0.6) is 0 Å². The number of furan rings is 1. The highest BCUT2D eigenvalue weighted by Gasteiger charge is 1.96. The van der Waals surface area contributed by atoms with Crippen molar-refractivity contribution in [1.82, 2.24) is 0 Å². The van der Waals surface area contributed by atoms with Crippen LogP contribution in [0.2, 0.25) is 0 Å². The van der Waals surface area contributed by atoms with Gasteiger partial charge in [-0.1, -0.05) is 42.5 Å². The summed E-state index contributed by atoms with van der Waals surface area (Å²) in [5.74, 6) is 1.22. The molecule has 112 valence electrons. The van der Waals surface area contributed by atoms with E-state index in [2.05, 4.69) is 6.58 Å². The Morgan fingerprint density at radius 3 is 2.52 bits per heavy atom. The van der Waals surface area contributed by atoms with Crippen molar-refractivity contribution in [3.8, 4) is 0 Å². The molecule has 1 rings (SSSR count). The van der Waals surface area contributed by atoms with Crippen molar-refractivity contribution in [2.75, 3.05) is 6.61 Å². The fraction of sp³-hybridized carbons (Fsp3) is 0.222. The number of hydrogen-bond acceptors (Lipinski definition) is 3. The van der Waals surface area contributed by atoms with Gasteiger partial charge < -0.3 is 14.6 Å². The van der Waals surface area contributed by atoms with E-state index in [0.717, 1.165) is 16.7 Å². The third-order valence-corrected chi connectivity index (χ3v) is 2.74. The molecule has 0 aliphatic heterocycles. The van der Waals surface area contributed by atoms with Crippen LogP contribution in [-0.2, 0) is 6.61 Å². The molecule has 0 spiro atoms. The highest BCUT2D eigenvalue weighted by atomic mass is 16.4. The van der Waals surface area contributed by atoms with Crippen LogP contribution in [0.15, 0.2) is 70.2 Å². The second kappa shape index (κ2) is 8.95. The van der Waals surface area contributed by atoms with E-state index in [0.29, 0.717) is 11.5 Å². The van der Waals surface area contributed by atoms with Crippen LogP contribution in [0.25, 0.3) is 6.08 Å². The Bertz CT molecular complexity index is 583. The molecule has 2 N–H and O–H groups in total. The molecule has 0 unspecified atom stereocenters. The lowest BCUT2D eigenvalue weighted by Crippen LogP contribution is -1.81. The normalized spacial score (nSPS) is 13.5. The molecule has 0 aromatic carbocycles. The summed E-state index contributed by atoms with van der Waals surface area (Å²) in [5, 5.41) is 17.8. The Morgan fingerprint density at radius 2 is 1.90 bits per heavy atom. The number of aliphatic hydroxyl groups excluding tert-OH is 2. The molecule has 0 fully saturated rings. The van der Waals surface area contributed by atoms with Crippen molar-refractivity contribution in [1.29, 1.82) is 0 Å². The molecule has 0 atom stereocenters. The Kier molecular flexibility index (Phi) is 7.23. The summed E-state index contributed by atoms with van der Waals surface area (Å²) < 4.78 is 5.34. The Hall–Kier alpha value is -2.10. The zero-order valence-electron chi connectivity index (χ0n) is 12.5. The van der Waals surface area contributed by atoms with E-state index in [4.69, 9.17) is 14.6 Å². The lowest BCUT2D eigenvalue weighted by atomic mass is 10.1. The van der Waals surface area contributed by atoms with E-state index >= 15 is 0 Å². The molecule has 0 radical (unpaired) electrons. The number of allylic oxidation sites excluding steroid dienone is 7. The molecule has 0 saturated heterocycles. The summed E-state index contributed by atoms with van der Waals surface area (Å²) in [6.07, 6.45) is 11.3. The minimum Gasteiger partial charge on any atom is -0.459 e. The Labute approximate surface area is 125 Å². The largest absolute Gasteiger partial charge is 0.459 e. The smallest absolute Gasteiger partial charge is 0.130 e. The topological polar surface area (TPSA) is 53.6 Å². The zero-order chi connectivity index (χ0) is 15.7. The third kappa shape index (κ3) is 6.75. The maximum Gasteiger partial charge on any atom is 0.130 e. The lowest BCUT2D eigenvalue weighted by Gasteiger charge is -1.93. The van der Waals surface area contributed by atoms with E-state index in [1.54, 1.807) is 18.2 Å². The van der Waals surface area contributed by atoms with Gasteiger partial charge in [0.1, 0.15) is 18.1 Å². The fourth-order valence-electron chi connectivity index (χ4n) is 1.43. The second-order valence-electron chi connectivity index (χ2n) is 4.79. The summed E-state index contributed by atoms with van der Waals surface area (Å²) in [5.41, 5.74) is 2.82. The standard InChI is InChI=1S/C18H22O3/c1-14(6-7-16(3)12-19)4-5-15(2)8-9-17-10-11-18(13-20)21-17/h4-11,19-20H,2,12-13H2,1,3H3/b5-4+,9-8+,14-6+,16-7+.